The molecule has 89 valence electrons. The fourth-order valence-corrected chi connectivity index (χ4v) is 2.19. The lowest BCUT2D eigenvalue weighted by Gasteiger charge is -2.32. The molecule has 2 aliphatic rings. The van der Waals surface area contributed by atoms with E-state index in [-0.39, 0.29) is 6.04 Å². The van der Waals surface area contributed by atoms with Crippen LogP contribution in [0.3, 0.4) is 0 Å². The SMILES string of the molecule is C=CCN1CC[N]C(C2=CCC(=C=O)C=C2)C1. The van der Waals surface area contributed by atoms with Gasteiger partial charge in [0.2, 0.25) is 0 Å². The maximum absolute atomic E-state index is 10.5. The highest BCUT2D eigenvalue weighted by atomic mass is 16.1. The molecule has 0 bridgehead atoms. The highest BCUT2D eigenvalue weighted by Crippen LogP contribution is 2.19. The fraction of sp³-hybridized carbons (Fsp3) is 0.429. The van der Waals surface area contributed by atoms with Crippen molar-refractivity contribution in [2.75, 3.05) is 26.2 Å². The van der Waals surface area contributed by atoms with Crippen LogP contribution >= 0.6 is 0 Å². The van der Waals surface area contributed by atoms with Crippen molar-refractivity contribution in [2.24, 2.45) is 0 Å². The Morgan fingerprint density at radius 1 is 1.59 bits per heavy atom. The summed E-state index contributed by atoms with van der Waals surface area (Å²) in [5, 5.41) is 4.63. The Bertz CT molecular complexity index is 402. The third-order valence-electron chi connectivity index (χ3n) is 3.13. The van der Waals surface area contributed by atoms with Gasteiger partial charge in [0.25, 0.3) is 0 Å². The second-order valence-corrected chi connectivity index (χ2v) is 4.34. The van der Waals surface area contributed by atoms with Crippen LogP contribution in [-0.4, -0.2) is 43.1 Å². The molecule has 1 aliphatic carbocycles. The van der Waals surface area contributed by atoms with Crippen molar-refractivity contribution < 1.29 is 4.79 Å². The molecule has 17 heavy (non-hydrogen) atoms. The molecule has 0 aromatic carbocycles. The summed E-state index contributed by atoms with van der Waals surface area (Å²) in [5.74, 6) is 1.94. The lowest BCUT2D eigenvalue weighted by atomic mass is 9.96. The highest BCUT2D eigenvalue weighted by Gasteiger charge is 2.22. The van der Waals surface area contributed by atoms with Gasteiger partial charge in [-0.2, -0.15) is 0 Å². The van der Waals surface area contributed by atoms with E-state index in [0.29, 0.717) is 12.0 Å². The summed E-state index contributed by atoms with van der Waals surface area (Å²) >= 11 is 0. The van der Waals surface area contributed by atoms with Crippen molar-refractivity contribution in [2.45, 2.75) is 12.5 Å². The molecule has 3 heteroatoms. The lowest BCUT2D eigenvalue weighted by Crippen LogP contribution is -2.47. The Morgan fingerprint density at radius 3 is 3.12 bits per heavy atom. The van der Waals surface area contributed by atoms with Crippen molar-refractivity contribution in [3.05, 3.63) is 42.0 Å². The quantitative estimate of drug-likeness (QED) is 0.536. The van der Waals surface area contributed by atoms with Crippen LogP contribution in [0.25, 0.3) is 0 Å². The van der Waals surface area contributed by atoms with Crippen LogP contribution in [0.15, 0.2) is 42.0 Å². The van der Waals surface area contributed by atoms with E-state index in [2.05, 4.69) is 22.9 Å². The first kappa shape index (κ1) is 12.1. The van der Waals surface area contributed by atoms with Gasteiger partial charge >= 0.3 is 0 Å². The van der Waals surface area contributed by atoms with Gasteiger partial charge in [0.1, 0.15) is 5.94 Å². The molecule has 0 aromatic rings. The Morgan fingerprint density at radius 2 is 2.47 bits per heavy atom. The number of rotatable bonds is 3. The first-order valence-electron chi connectivity index (χ1n) is 5.95. The molecule has 0 N–H and O–H groups in total. The number of carbonyl (C=O) groups excluding carboxylic acids is 1. The van der Waals surface area contributed by atoms with Gasteiger partial charge < -0.3 is 0 Å². The molecule has 1 unspecified atom stereocenters. The number of allylic oxidation sites excluding steroid dienone is 3. The van der Waals surface area contributed by atoms with Gasteiger partial charge in [-0.05, 0) is 11.6 Å². The van der Waals surface area contributed by atoms with E-state index in [9.17, 15) is 4.79 Å². The first-order valence-corrected chi connectivity index (χ1v) is 5.95. The molecular weight excluding hydrogens is 212 g/mol. The second kappa shape index (κ2) is 5.78. The Kier molecular flexibility index (Phi) is 4.10. The molecular formula is C14H17N2O. The Hall–Kier alpha value is -1.41. The lowest BCUT2D eigenvalue weighted by molar-refractivity contribution is 0.231. The molecule has 1 radical (unpaired) electrons. The van der Waals surface area contributed by atoms with Crippen LogP contribution in [0.2, 0.25) is 0 Å². The molecule has 3 nitrogen and oxygen atoms in total. The summed E-state index contributed by atoms with van der Waals surface area (Å²) in [4.78, 5) is 12.8. The minimum Gasteiger partial charge on any atom is -0.296 e. The zero-order chi connectivity index (χ0) is 12.1. The normalized spacial score (nSPS) is 25.3. The predicted molar refractivity (Wildman–Crippen MR) is 68.5 cm³/mol. The minimum absolute atomic E-state index is 0.244. The van der Waals surface area contributed by atoms with Crippen LogP contribution in [-0.2, 0) is 4.79 Å². The predicted octanol–water partition coefficient (Wildman–Crippen LogP) is 1.11. The van der Waals surface area contributed by atoms with E-state index in [0.717, 1.165) is 26.2 Å². The van der Waals surface area contributed by atoms with Crippen molar-refractivity contribution >= 4 is 5.94 Å². The number of nitrogens with zero attached hydrogens (tertiary/aromatic N) is 2. The molecule has 0 aromatic heterocycles. The van der Waals surface area contributed by atoms with Crippen LogP contribution in [0.4, 0.5) is 0 Å². The van der Waals surface area contributed by atoms with E-state index < -0.39 is 0 Å². The molecule has 1 atom stereocenters. The Balaban J connectivity index is 1.99. The van der Waals surface area contributed by atoms with Crippen LogP contribution < -0.4 is 5.32 Å². The molecule has 0 spiro atoms. The largest absolute Gasteiger partial charge is 0.296 e. The Labute approximate surface area is 102 Å². The summed E-state index contributed by atoms with van der Waals surface area (Å²) < 4.78 is 0. The van der Waals surface area contributed by atoms with Gasteiger partial charge in [-0.15, -0.1) is 6.58 Å². The zero-order valence-corrected chi connectivity index (χ0v) is 9.93. The van der Waals surface area contributed by atoms with E-state index >= 15 is 0 Å². The molecule has 1 aliphatic heterocycles. The van der Waals surface area contributed by atoms with Crippen molar-refractivity contribution in [3.8, 4) is 0 Å². The second-order valence-electron chi connectivity index (χ2n) is 4.34. The molecule has 0 saturated carbocycles. The third kappa shape index (κ3) is 3.04. The van der Waals surface area contributed by atoms with Gasteiger partial charge in [-0.1, -0.05) is 18.2 Å². The average Bonchev–Trinajstić information content (AvgIpc) is 2.40. The smallest absolute Gasteiger partial charge is 0.128 e. The number of hydrogen-bond donors (Lipinski definition) is 0. The molecule has 0 amide bonds. The average molecular weight is 229 g/mol. The maximum atomic E-state index is 10.5. The molecule has 1 fully saturated rings. The molecule has 2 rings (SSSR count). The minimum atomic E-state index is 0.244. The van der Waals surface area contributed by atoms with Gasteiger partial charge in [0.15, 0.2) is 0 Å². The van der Waals surface area contributed by atoms with Gasteiger partial charge in [-0.25, -0.2) is 10.1 Å². The highest BCUT2D eigenvalue weighted by molar-refractivity contribution is 5.60. The fourth-order valence-electron chi connectivity index (χ4n) is 2.19. The van der Waals surface area contributed by atoms with Crippen molar-refractivity contribution in [1.29, 1.82) is 0 Å². The summed E-state index contributed by atoms with van der Waals surface area (Å²) in [5.41, 5.74) is 1.94. The summed E-state index contributed by atoms with van der Waals surface area (Å²) in [6, 6.07) is 0.244. The number of piperazine rings is 1. The topological polar surface area (TPSA) is 34.4 Å². The zero-order valence-electron chi connectivity index (χ0n) is 9.93. The monoisotopic (exact) mass is 229 g/mol. The first-order chi connectivity index (χ1) is 8.33. The third-order valence-corrected chi connectivity index (χ3v) is 3.13. The standard InChI is InChI=1S/C14H17N2O/c1-2-8-16-9-7-15-14(10-16)13-5-3-12(11-17)4-6-13/h2-3,5-6,14H,1,4,7-10H2. The van der Waals surface area contributed by atoms with E-state index in [1.54, 1.807) is 0 Å². The van der Waals surface area contributed by atoms with E-state index in [1.165, 1.54) is 5.57 Å². The van der Waals surface area contributed by atoms with Gasteiger partial charge in [0, 0.05) is 38.2 Å². The van der Waals surface area contributed by atoms with Gasteiger partial charge in [-0.3, -0.25) is 4.90 Å². The van der Waals surface area contributed by atoms with Crippen LogP contribution in [0.5, 0.6) is 0 Å². The van der Waals surface area contributed by atoms with Crippen molar-refractivity contribution in [1.82, 2.24) is 10.2 Å². The summed E-state index contributed by atoms with van der Waals surface area (Å²) in [6.45, 7) is 7.52. The maximum Gasteiger partial charge on any atom is 0.128 e. The van der Waals surface area contributed by atoms with Crippen LogP contribution in [0, 0.1) is 0 Å². The summed E-state index contributed by atoms with van der Waals surface area (Å²) in [7, 11) is 0. The van der Waals surface area contributed by atoms with Gasteiger partial charge in [0.05, 0.1) is 6.04 Å². The molecule has 1 heterocycles. The summed E-state index contributed by atoms with van der Waals surface area (Å²) in [6.07, 6.45) is 8.55. The number of hydrogen-bond acceptors (Lipinski definition) is 2. The van der Waals surface area contributed by atoms with Crippen molar-refractivity contribution in [3.63, 3.8) is 0 Å². The van der Waals surface area contributed by atoms with E-state index in [1.807, 2.05) is 24.2 Å². The van der Waals surface area contributed by atoms with E-state index in [4.69, 9.17) is 0 Å². The van der Waals surface area contributed by atoms with Crippen LogP contribution in [0.1, 0.15) is 6.42 Å². The molecule has 1 saturated heterocycles.